The molecule has 2 aromatic rings. The SMILES string of the molecule is CNc1cc(C(=O)N(C)C(C)C)c2ccccc2n1. The number of fused-ring (bicyclic) bond motifs is 1. The molecule has 0 bridgehead atoms. The predicted molar refractivity (Wildman–Crippen MR) is 78.5 cm³/mol. The smallest absolute Gasteiger partial charge is 0.254 e. The van der Waals surface area contributed by atoms with Crippen LogP contribution in [0, 0.1) is 0 Å². The van der Waals surface area contributed by atoms with Crippen LogP contribution in [0.15, 0.2) is 30.3 Å². The second kappa shape index (κ2) is 5.26. The summed E-state index contributed by atoms with van der Waals surface area (Å²) in [5, 5.41) is 3.89. The number of anilines is 1. The summed E-state index contributed by atoms with van der Waals surface area (Å²) in [4.78, 5) is 18.7. The first-order chi connectivity index (χ1) is 9.04. The minimum Gasteiger partial charge on any atom is -0.373 e. The number of amides is 1. The molecule has 0 aliphatic carbocycles. The molecule has 0 aliphatic heterocycles. The summed E-state index contributed by atoms with van der Waals surface area (Å²) in [6.45, 7) is 4.00. The monoisotopic (exact) mass is 257 g/mol. The van der Waals surface area contributed by atoms with E-state index >= 15 is 0 Å². The fraction of sp³-hybridized carbons (Fsp3) is 0.333. The van der Waals surface area contributed by atoms with Crippen LogP contribution in [0.1, 0.15) is 24.2 Å². The molecule has 0 unspecified atom stereocenters. The zero-order valence-corrected chi connectivity index (χ0v) is 11.8. The van der Waals surface area contributed by atoms with Gasteiger partial charge in [0.15, 0.2) is 0 Å². The van der Waals surface area contributed by atoms with E-state index in [2.05, 4.69) is 10.3 Å². The fourth-order valence-electron chi connectivity index (χ4n) is 1.90. The Bertz CT molecular complexity index is 607. The quantitative estimate of drug-likeness (QED) is 0.919. The van der Waals surface area contributed by atoms with Crippen LogP contribution in [0.5, 0.6) is 0 Å². The summed E-state index contributed by atoms with van der Waals surface area (Å²) in [5.74, 6) is 0.726. The van der Waals surface area contributed by atoms with Crippen molar-refractivity contribution in [3.8, 4) is 0 Å². The Morgan fingerprint density at radius 2 is 2.00 bits per heavy atom. The highest BCUT2D eigenvalue weighted by Gasteiger charge is 2.18. The zero-order chi connectivity index (χ0) is 14.0. The Kier molecular flexibility index (Phi) is 3.69. The number of carbonyl (C=O) groups is 1. The van der Waals surface area contributed by atoms with E-state index in [9.17, 15) is 4.79 Å². The molecular weight excluding hydrogens is 238 g/mol. The van der Waals surface area contributed by atoms with Gasteiger partial charge in [-0.15, -0.1) is 0 Å². The second-order valence-electron chi connectivity index (χ2n) is 4.83. The molecule has 0 saturated carbocycles. The minimum absolute atomic E-state index is 0.0186. The molecule has 100 valence electrons. The molecule has 2 rings (SSSR count). The summed E-state index contributed by atoms with van der Waals surface area (Å²) in [5.41, 5.74) is 1.51. The highest BCUT2D eigenvalue weighted by atomic mass is 16.2. The molecule has 0 spiro atoms. The van der Waals surface area contributed by atoms with Crippen LogP contribution in [0.4, 0.5) is 5.82 Å². The number of nitrogens with one attached hydrogen (secondary N) is 1. The summed E-state index contributed by atoms with van der Waals surface area (Å²) >= 11 is 0. The number of carbonyl (C=O) groups excluding carboxylic acids is 1. The molecule has 4 nitrogen and oxygen atoms in total. The molecule has 4 heteroatoms. The lowest BCUT2D eigenvalue weighted by atomic mass is 10.1. The summed E-state index contributed by atoms with van der Waals surface area (Å²) in [6.07, 6.45) is 0. The van der Waals surface area contributed by atoms with Gasteiger partial charge in [-0.25, -0.2) is 4.98 Å². The number of aromatic nitrogens is 1. The van der Waals surface area contributed by atoms with E-state index in [0.717, 1.165) is 10.9 Å². The van der Waals surface area contributed by atoms with Gasteiger partial charge < -0.3 is 10.2 Å². The van der Waals surface area contributed by atoms with E-state index in [1.165, 1.54) is 0 Å². The molecule has 0 radical (unpaired) electrons. The Hall–Kier alpha value is -2.10. The van der Waals surface area contributed by atoms with Crippen molar-refractivity contribution < 1.29 is 4.79 Å². The number of pyridine rings is 1. The van der Waals surface area contributed by atoms with Gasteiger partial charge in [0.2, 0.25) is 0 Å². The molecule has 1 aromatic carbocycles. The van der Waals surface area contributed by atoms with E-state index in [1.807, 2.05) is 51.2 Å². The standard InChI is InChI=1S/C15H19N3O/c1-10(2)18(4)15(19)12-9-14(16-3)17-13-8-6-5-7-11(12)13/h5-10H,1-4H3,(H,16,17). The van der Waals surface area contributed by atoms with Crippen LogP contribution in [-0.2, 0) is 0 Å². The maximum absolute atomic E-state index is 12.5. The second-order valence-corrected chi connectivity index (χ2v) is 4.83. The minimum atomic E-state index is 0.0186. The van der Waals surface area contributed by atoms with Crippen molar-refractivity contribution >= 4 is 22.6 Å². The molecule has 0 saturated heterocycles. The third kappa shape index (κ3) is 2.52. The molecule has 1 heterocycles. The first-order valence-corrected chi connectivity index (χ1v) is 6.39. The van der Waals surface area contributed by atoms with Gasteiger partial charge >= 0.3 is 0 Å². The number of para-hydroxylation sites is 1. The number of hydrogen-bond acceptors (Lipinski definition) is 3. The molecule has 19 heavy (non-hydrogen) atoms. The van der Waals surface area contributed by atoms with Crippen LogP contribution in [0.3, 0.4) is 0 Å². The van der Waals surface area contributed by atoms with E-state index < -0.39 is 0 Å². The number of rotatable bonds is 3. The van der Waals surface area contributed by atoms with Crippen molar-refractivity contribution in [2.24, 2.45) is 0 Å². The normalized spacial score (nSPS) is 10.8. The van der Waals surface area contributed by atoms with Crippen molar-refractivity contribution in [3.05, 3.63) is 35.9 Å². The molecule has 0 aliphatic rings. The molecule has 1 aromatic heterocycles. The van der Waals surface area contributed by atoms with E-state index in [0.29, 0.717) is 11.4 Å². The highest BCUT2D eigenvalue weighted by molar-refractivity contribution is 6.06. The van der Waals surface area contributed by atoms with Gasteiger partial charge in [0.05, 0.1) is 11.1 Å². The third-order valence-electron chi connectivity index (χ3n) is 3.30. The summed E-state index contributed by atoms with van der Waals surface area (Å²) in [7, 11) is 3.62. The first-order valence-electron chi connectivity index (χ1n) is 6.39. The van der Waals surface area contributed by atoms with Crippen molar-refractivity contribution in [3.63, 3.8) is 0 Å². The van der Waals surface area contributed by atoms with Crippen molar-refractivity contribution in [2.45, 2.75) is 19.9 Å². The van der Waals surface area contributed by atoms with Gasteiger partial charge in [0.25, 0.3) is 5.91 Å². The lowest BCUT2D eigenvalue weighted by Gasteiger charge is -2.22. The van der Waals surface area contributed by atoms with E-state index in [4.69, 9.17) is 0 Å². The van der Waals surface area contributed by atoms with Crippen LogP contribution in [0.25, 0.3) is 10.9 Å². The number of nitrogens with zero attached hydrogens (tertiary/aromatic N) is 2. The van der Waals surface area contributed by atoms with Crippen LogP contribution < -0.4 is 5.32 Å². The number of benzene rings is 1. The van der Waals surface area contributed by atoms with Gasteiger partial charge in [0, 0.05) is 25.5 Å². The van der Waals surface area contributed by atoms with Crippen molar-refractivity contribution in [2.75, 3.05) is 19.4 Å². The molecule has 1 N–H and O–H groups in total. The van der Waals surface area contributed by atoms with Gasteiger partial charge in [-0.2, -0.15) is 0 Å². The van der Waals surface area contributed by atoms with Crippen molar-refractivity contribution in [1.82, 2.24) is 9.88 Å². The van der Waals surface area contributed by atoms with E-state index in [-0.39, 0.29) is 11.9 Å². The third-order valence-corrected chi connectivity index (χ3v) is 3.30. The highest BCUT2D eigenvalue weighted by Crippen LogP contribution is 2.22. The maximum Gasteiger partial charge on any atom is 0.254 e. The van der Waals surface area contributed by atoms with Gasteiger partial charge in [-0.1, -0.05) is 18.2 Å². The molecular formula is C15H19N3O. The first kappa shape index (κ1) is 13.3. The van der Waals surface area contributed by atoms with Gasteiger partial charge in [-0.3, -0.25) is 4.79 Å². The average molecular weight is 257 g/mol. The largest absolute Gasteiger partial charge is 0.373 e. The molecule has 0 fully saturated rings. The van der Waals surface area contributed by atoms with Gasteiger partial charge in [-0.05, 0) is 26.0 Å². The van der Waals surface area contributed by atoms with Gasteiger partial charge in [0.1, 0.15) is 5.82 Å². The molecule has 0 atom stereocenters. The Morgan fingerprint density at radius 1 is 1.32 bits per heavy atom. The summed E-state index contributed by atoms with van der Waals surface area (Å²) < 4.78 is 0. The lowest BCUT2D eigenvalue weighted by molar-refractivity contribution is 0.0757. The zero-order valence-electron chi connectivity index (χ0n) is 11.8. The Labute approximate surface area is 113 Å². The molecule has 1 amide bonds. The van der Waals surface area contributed by atoms with Crippen molar-refractivity contribution in [1.29, 1.82) is 0 Å². The Morgan fingerprint density at radius 3 is 2.63 bits per heavy atom. The Balaban J connectivity index is 2.61. The topological polar surface area (TPSA) is 45.2 Å². The summed E-state index contributed by atoms with van der Waals surface area (Å²) in [6, 6.07) is 9.68. The predicted octanol–water partition coefficient (Wildman–Crippen LogP) is 2.76. The van der Waals surface area contributed by atoms with E-state index in [1.54, 1.807) is 11.9 Å². The van der Waals surface area contributed by atoms with Crippen LogP contribution >= 0.6 is 0 Å². The maximum atomic E-state index is 12.5. The average Bonchev–Trinajstić information content (AvgIpc) is 2.44. The lowest BCUT2D eigenvalue weighted by Crippen LogP contribution is -2.33. The van der Waals surface area contributed by atoms with Crippen LogP contribution in [-0.4, -0.2) is 35.9 Å². The number of hydrogen-bond donors (Lipinski definition) is 1. The van der Waals surface area contributed by atoms with Crippen LogP contribution in [0.2, 0.25) is 0 Å². The fourth-order valence-corrected chi connectivity index (χ4v) is 1.90.